The van der Waals surface area contributed by atoms with Gasteiger partial charge in [-0.25, -0.2) is 0 Å². The summed E-state index contributed by atoms with van der Waals surface area (Å²) in [4.78, 5) is 27.3. The molecule has 2 amide bonds. The van der Waals surface area contributed by atoms with E-state index >= 15 is 0 Å². The number of fused-ring (bicyclic) bond motifs is 1. The molecule has 0 aliphatic carbocycles. The van der Waals surface area contributed by atoms with Gasteiger partial charge < -0.3 is 19.7 Å². The highest BCUT2D eigenvalue weighted by Crippen LogP contribution is 2.35. The minimum absolute atomic E-state index is 0.133. The maximum absolute atomic E-state index is 12.9. The van der Waals surface area contributed by atoms with Gasteiger partial charge in [0, 0.05) is 25.8 Å². The smallest absolute Gasteiger partial charge is 0.255 e. The van der Waals surface area contributed by atoms with Crippen LogP contribution in [0.25, 0.3) is 0 Å². The second kappa shape index (κ2) is 8.68. The molecule has 6 nitrogen and oxygen atoms in total. The van der Waals surface area contributed by atoms with Crippen LogP contribution < -0.4 is 10.1 Å². The molecule has 1 heterocycles. The van der Waals surface area contributed by atoms with E-state index in [-0.39, 0.29) is 11.8 Å². The van der Waals surface area contributed by atoms with Crippen molar-refractivity contribution in [3.8, 4) is 5.75 Å². The summed E-state index contributed by atoms with van der Waals surface area (Å²) in [5.74, 6) is 0.453. The van der Waals surface area contributed by atoms with Crippen LogP contribution in [0.3, 0.4) is 0 Å². The number of benzene rings is 2. The summed E-state index contributed by atoms with van der Waals surface area (Å²) in [7, 11) is 1.58. The third-order valence-corrected chi connectivity index (χ3v) is 4.50. The lowest BCUT2D eigenvalue weighted by Crippen LogP contribution is -2.39. The van der Waals surface area contributed by atoms with Crippen LogP contribution in [0.1, 0.15) is 34.5 Å². The number of nitrogens with zero attached hydrogens (tertiary/aromatic N) is 1. The van der Waals surface area contributed by atoms with Crippen LogP contribution >= 0.6 is 0 Å². The minimum atomic E-state index is -0.642. The average molecular weight is 368 g/mol. The van der Waals surface area contributed by atoms with Gasteiger partial charge in [-0.05, 0) is 36.2 Å². The molecule has 1 N–H and O–H groups in total. The number of methoxy groups -OCH3 is 1. The van der Waals surface area contributed by atoms with Crippen LogP contribution in [0.2, 0.25) is 0 Å². The molecule has 0 saturated carbocycles. The van der Waals surface area contributed by atoms with Gasteiger partial charge in [-0.1, -0.05) is 30.3 Å². The molecule has 142 valence electrons. The molecule has 0 bridgehead atoms. The van der Waals surface area contributed by atoms with E-state index < -0.39 is 6.04 Å². The van der Waals surface area contributed by atoms with Gasteiger partial charge in [0.15, 0.2) is 0 Å². The first kappa shape index (κ1) is 18.9. The van der Waals surface area contributed by atoms with E-state index in [0.29, 0.717) is 31.9 Å². The van der Waals surface area contributed by atoms with Gasteiger partial charge in [0.1, 0.15) is 11.8 Å². The molecule has 2 aromatic rings. The van der Waals surface area contributed by atoms with E-state index in [4.69, 9.17) is 9.47 Å². The Bertz CT molecular complexity index is 804. The van der Waals surface area contributed by atoms with Gasteiger partial charge in [-0.2, -0.15) is 0 Å². The number of amides is 2. The number of hydrogen-bond acceptors (Lipinski definition) is 4. The molecular weight excluding hydrogens is 344 g/mol. The van der Waals surface area contributed by atoms with Crippen molar-refractivity contribution in [3.05, 3.63) is 65.2 Å². The summed E-state index contributed by atoms with van der Waals surface area (Å²) in [5, 5.41) is 2.85. The molecule has 0 spiro atoms. The maximum Gasteiger partial charge on any atom is 0.255 e. The van der Waals surface area contributed by atoms with Crippen LogP contribution in [0, 0.1) is 0 Å². The summed E-state index contributed by atoms with van der Waals surface area (Å²) in [6.07, 6.45) is 0. The molecule has 1 atom stereocenters. The van der Waals surface area contributed by atoms with Crippen molar-refractivity contribution >= 4 is 11.8 Å². The Labute approximate surface area is 159 Å². The molecule has 0 saturated heterocycles. The predicted molar refractivity (Wildman–Crippen MR) is 102 cm³/mol. The van der Waals surface area contributed by atoms with Gasteiger partial charge in [-0.15, -0.1) is 0 Å². The standard InChI is InChI=1S/C21H24N2O4/c1-3-27-16-10-8-15(9-11-16)14-23-19(20(24)22-12-13-26-2)17-6-4-5-7-18(17)21(23)25/h4-11,19H,3,12-14H2,1-2H3,(H,22,24). The van der Waals surface area contributed by atoms with Crippen molar-refractivity contribution in [2.75, 3.05) is 26.9 Å². The molecule has 2 aromatic carbocycles. The molecule has 6 heteroatoms. The Hall–Kier alpha value is -2.86. The van der Waals surface area contributed by atoms with E-state index in [2.05, 4.69) is 5.32 Å². The summed E-state index contributed by atoms with van der Waals surface area (Å²) >= 11 is 0. The summed E-state index contributed by atoms with van der Waals surface area (Å²) < 4.78 is 10.5. The molecule has 1 unspecified atom stereocenters. The fourth-order valence-electron chi connectivity index (χ4n) is 3.24. The first-order valence-corrected chi connectivity index (χ1v) is 9.04. The molecular formula is C21H24N2O4. The van der Waals surface area contributed by atoms with Crippen molar-refractivity contribution in [1.29, 1.82) is 0 Å². The van der Waals surface area contributed by atoms with Crippen LogP contribution in [-0.4, -0.2) is 43.6 Å². The zero-order chi connectivity index (χ0) is 19.2. The highest BCUT2D eigenvalue weighted by molar-refractivity contribution is 6.04. The molecule has 27 heavy (non-hydrogen) atoms. The third-order valence-electron chi connectivity index (χ3n) is 4.50. The van der Waals surface area contributed by atoms with E-state index in [1.165, 1.54) is 0 Å². The van der Waals surface area contributed by atoms with Gasteiger partial charge in [-0.3, -0.25) is 9.59 Å². The quantitative estimate of drug-likeness (QED) is 0.727. The molecule has 0 radical (unpaired) electrons. The average Bonchev–Trinajstić information content (AvgIpc) is 2.96. The fraction of sp³-hybridized carbons (Fsp3) is 0.333. The lowest BCUT2D eigenvalue weighted by Gasteiger charge is -2.25. The molecule has 0 aromatic heterocycles. The third kappa shape index (κ3) is 4.11. The normalized spacial score (nSPS) is 15.6. The first-order chi connectivity index (χ1) is 13.2. The van der Waals surface area contributed by atoms with E-state index in [0.717, 1.165) is 16.9 Å². The molecule has 3 rings (SSSR count). The number of carbonyl (C=O) groups excluding carboxylic acids is 2. The monoisotopic (exact) mass is 368 g/mol. The second-order valence-electron chi connectivity index (χ2n) is 6.28. The number of ether oxygens (including phenoxy) is 2. The summed E-state index contributed by atoms with van der Waals surface area (Å²) in [6, 6.07) is 14.2. The number of carbonyl (C=O) groups is 2. The Balaban J connectivity index is 1.83. The van der Waals surface area contributed by atoms with E-state index in [1.807, 2.05) is 49.4 Å². The zero-order valence-corrected chi connectivity index (χ0v) is 15.6. The van der Waals surface area contributed by atoms with Crippen molar-refractivity contribution in [2.24, 2.45) is 0 Å². The van der Waals surface area contributed by atoms with Gasteiger partial charge in [0.25, 0.3) is 5.91 Å². The van der Waals surface area contributed by atoms with Crippen LogP contribution in [0.15, 0.2) is 48.5 Å². The number of nitrogens with one attached hydrogen (secondary N) is 1. The Morgan fingerprint density at radius 1 is 1.15 bits per heavy atom. The van der Waals surface area contributed by atoms with E-state index in [1.54, 1.807) is 18.1 Å². The lowest BCUT2D eigenvalue weighted by atomic mass is 10.0. The van der Waals surface area contributed by atoms with Gasteiger partial charge in [0.05, 0.1) is 13.2 Å². The fourth-order valence-corrected chi connectivity index (χ4v) is 3.24. The number of rotatable bonds is 8. The van der Waals surface area contributed by atoms with Crippen LogP contribution in [-0.2, 0) is 16.1 Å². The number of hydrogen-bond donors (Lipinski definition) is 1. The van der Waals surface area contributed by atoms with E-state index in [9.17, 15) is 9.59 Å². The minimum Gasteiger partial charge on any atom is -0.494 e. The lowest BCUT2D eigenvalue weighted by molar-refractivity contribution is -0.125. The maximum atomic E-state index is 12.9. The Morgan fingerprint density at radius 2 is 1.89 bits per heavy atom. The highest BCUT2D eigenvalue weighted by atomic mass is 16.5. The van der Waals surface area contributed by atoms with Crippen molar-refractivity contribution in [2.45, 2.75) is 19.5 Å². The first-order valence-electron chi connectivity index (χ1n) is 9.04. The van der Waals surface area contributed by atoms with Crippen molar-refractivity contribution in [3.63, 3.8) is 0 Å². The Morgan fingerprint density at radius 3 is 2.59 bits per heavy atom. The summed E-state index contributed by atoms with van der Waals surface area (Å²) in [6.45, 7) is 3.71. The van der Waals surface area contributed by atoms with Gasteiger partial charge in [0.2, 0.25) is 5.91 Å². The van der Waals surface area contributed by atoms with Crippen molar-refractivity contribution in [1.82, 2.24) is 10.2 Å². The second-order valence-corrected chi connectivity index (χ2v) is 6.28. The van der Waals surface area contributed by atoms with Gasteiger partial charge >= 0.3 is 0 Å². The molecule has 1 aliphatic heterocycles. The topological polar surface area (TPSA) is 67.9 Å². The largest absolute Gasteiger partial charge is 0.494 e. The Kier molecular flexibility index (Phi) is 6.08. The zero-order valence-electron chi connectivity index (χ0n) is 15.6. The summed E-state index contributed by atoms with van der Waals surface area (Å²) in [5.41, 5.74) is 2.26. The molecule has 0 fully saturated rings. The van der Waals surface area contributed by atoms with Crippen LogP contribution in [0.5, 0.6) is 5.75 Å². The molecule has 1 aliphatic rings. The SMILES string of the molecule is CCOc1ccc(CN2C(=O)c3ccccc3C2C(=O)NCCOC)cc1. The highest BCUT2D eigenvalue weighted by Gasteiger charge is 2.40. The van der Waals surface area contributed by atoms with Crippen LogP contribution in [0.4, 0.5) is 0 Å². The predicted octanol–water partition coefficient (Wildman–Crippen LogP) is 2.55. The van der Waals surface area contributed by atoms with Crippen molar-refractivity contribution < 1.29 is 19.1 Å².